The highest BCUT2D eigenvalue weighted by Crippen LogP contribution is 2.58. The number of benzene rings is 1. The number of rotatable bonds is 7. The molecule has 0 radical (unpaired) electrons. The summed E-state index contributed by atoms with van der Waals surface area (Å²) in [6.07, 6.45) is 1.18. The molecular weight excluding hydrogens is 428 g/mol. The van der Waals surface area contributed by atoms with E-state index in [0.29, 0.717) is 24.8 Å². The van der Waals surface area contributed by atoms with Gasteiger partial charge in [-0.2, -0.15) is 0 Å². The minimum absolute atomic E-state index is 0.0663. The van der Waals surface area contributed by atoms with E-state index < -0.39 is 41.5 Å². The third-order valence-electron chi connectivity index (χ3n) is 7.43. The molecule has 2 bridgehead atoms. The van der Waals surface area contributed by atoms with Gasteiger partial charge in [-0.15, -0.1) is 5.10 Å². The number of aliphatic hydroxyl groups is 1. The molecule has 2 aromatic rings. The molecule has 11 heteroatoms. The number of ether oxygens (including phenoxy) is 1. The van der Waals surface area contributed by atoms with Crippen molar-refractivity contribution >= 4 is 28.8 Å². The molecule has 33 heavy (non-hydrogen) atoms. The van der Waals surface area contributed by atoms with E-state index in [1.165, 1.54) is 11.9 Å². The molecule has 4 heterocycles. The second-order valence-corrected chi connectivity index (χ2v) is 8.94. The first-order chi connectivity index (χ1) is 16.0. The van der Waals surface area contributed by atoms with Gasteiger partial charge in [0, 0.05) is 7.05 Å². The molecule has 1 spiro atoms. The standard InChI is InChI=1S/C22H28N6O5/c1-3-12(10-29)28-18(20(31)24-11-27-14-7-5-4-6-13(14)25-26-27)22-9-8-15(33-22)16(19(30)23-2)17(22)21(28)32/h4-7,12,15-18,29H,3,8-11H2,1-2H3,(H,23,30)(H,24,31)/t12-,15+,16-,17-,18?,22?/m0/s1. The minimum atomic E-state index is -1.09. The summed E-state index contributed by atoms with van der Waals surface area (Å²) >= 11 is 0. The van der Waals surface area contributed by atoms with Crippen LogP contribution < -0.4 is 10.6 Å². The summed E-state index contributed by atoms with van der Waals surface area (Å²) in [5.74, 6) is -2.35. The molecule has 11 nitrogen and oxygen atoms in total. The minimum Gasteiger partial charge on any atom is -0.394 e. The van der Waals surface area contributed by atoms with E-state index in [1.807, 2.05) is 31.2 Å². The number of fused-ring (bicyclic) bond motifs is 2. The van der Waals surface area contributed by atoms with Crippen molar-refractivity contribution in [1.29, 1.82) is 0 Å². The Hall–Kier alpha value is -3.05. The van der Waals surface area contributed by atoms with Crippen molar-refractivity contribution in [2.75, 3.05) is 13.7 Å². The van der Waals surface area contributed by atoms with Crippen molar-refractivity contribution in [3.63, 3.8) is 0 Å². The van der Waals surface area contributed by atoms with E-state index >= 15 is 0 Å². The molecule has 176 valence electrons. The highest BCUT2D eigenvalue weighted by atomic mass is 16.5. The van der Waals surface area contributed by atoms with Crippen LogP contribution in [0.25, 0.3) is 11.0 Å². The number of aromatic nitrogens is 3. The number of hydrogen-bond acceptors (Lipinski definition) is 7. The highest BCUT2D eigenvalue weighted by molar-refractivity contribution is 5.99. The normalized spacial score (nSPS) is 31.1. The van der Waals surface area contributed by atoms with Gasteiger partial charge in [0.15, 0.2) is 0 Å². The van der Waals surface area contributed by atoms with Crippen LogP contribution in [0.1, 0.15) is 26.2 Å². The summed E-state index contributed by atoms with van der Waals surface area (Å²) < 4.78 is 7.88. The summed E-state index contributed by atoms with van der Waals surface area (Å²) in [6.45, 7) is 1.64. The van der Waals surface area contributed by atoms with Crippen LogP contribution in [0.4, 0.5) is 0 Å². The van der Waals surface area contributed by atoms with Gasteiger partial charge in [-0.25, -0.2) is 4.68 Å². The Balaban J connectivity index is 1.47. The maximum Gasteiger partial charge on any atom is 0.247 e. The van der Waals surface area contributed by atoms with Crippen molar-refractivity contribution < 1.29 is 24.2 Å². The number of para-hydroxylation sites is 1. The largest absolute Gasteiger partial charge is 0.394 e. The predicted molar refractivity (Wildman–Crippen MR) is 115 cm³/mol. The number of carbonyl (C=O) groups is 3. The summed E-state index contributed by atoms with van der Waals surface area (Å²) in [4.78, 5) is 41.4. The molecule has 5 rings (SSSR count). The Morgan fingerprint density at radius 1 is 1.33 bits per heavy atom. The van der Waals surface area contributed by atoms with Gasteiger partial charge in [-0.3, -0.25) is 14.4 Å². The summed E-state index contributed by atoms with van der Waals surface area (Å²) in [5.41, 5.74) is 0.393. The van der Waals surface area contributed by atoms with E-state index in [4.69, 9.17) is 4.74 Å². The van der Waals surface area contributed by atoms with E-state index in [0.717, 1.165) is 5.52 Å². The van der Waals surface area contributed by atoms with Gasteiger partial charge >= 0.3 is 0 Å². The topological polar surface area (TPSA) is 139 Å². The second kappa shape index (κ2) is 8.07. The molecule has 3 fully saturated rings. The zero-order chi connectivity index (χ0) is 23.3. The van der Waals surface area contributed by atoms with Gasteiger partial charge in [0.1, 0.15) is 23.8 Å². The first-order valence-corrected chi connectivity index (χ1v) is 11.3. The van der Waals surface area contributed by atoms with Gasteiger partial charge in [-0.1, -0.05) is 24.3 Å². The number of hydrogen-bond donors (Lipinski definition) is 3. The van der Waals surface area contributed by atoms with Crippen LogP contribution in [0, 0.1) is 11.8 Å². The monoisotopic (exact) mass is 456 g/mol. The number of likely N-dealkylation sites (tertiary alicyclic amines) is 1. The fourth-order valence-corrected chi connectivity index (χ4v) is 5.95. The van der Waals surface area contributed by atoms with Crippen LogP contribution >= 0.6 is 0 Å². The van der Waals surface area contributed by atoms with E-state index in [1.54, 1.807) is 4.68 Å². The molecule has 6 atom stereocenters. The van der Waals surface area contributed by atoms with Crippen molar-refractivity contribution in [2.45, 2.75) is 56.6 Å². The van der Waals surface area contributed by atoms with Crippen LogP contribution in [0.5, 0.6) is 0 Å². The molecule has 2 unspecified atom stereocenters. The van der Waals surface area contributed by atoms with Gasteiger partial charge < -0.3 is 25.4 Å². The number of carbonyl (C=O) groups excluding carboxylic acids is 3. The highest BCUT2D eigenvalue weighted by Gasteiger charge is 2.74. The Morgan fingerprint density at radius 3 is 2.85 bits per heavy atom. The van der Waals surface area contributed by atoms with Crippen molar-refractivity contribution in [1.82, 2.24) is 30.5 Å². The average molecular weight is 457 g/mol. The fraction of sp³-hybridized carbons (Fsp3) is 0.591. The molecule has 3 N–H and O–H groups in total. The third-order valence-corrected chi connectivity index (χ3v) is 7.43. The molecule has 3 aliphatic rings. The molecule has 3 aliphatic heterocycles. The maximum atomic E-state index is 13.6. The fourth-order valence-electron chi connectivity index (χ4n) is 5.95. The summed E-state index contributed by atoms with van der Waals surface area (Å²) in [5, 5.41) is 23.7. The van der Waals surface area contributed by atoms with Crippen molar-refractivity contribution in [2.24, 2.45) is 11.8 Å². The maximum absolute atomic E-state index is 13.6. The third kappa shape index (κ3) is 3.06. The lowest BCUT2D eigenvalue weighted by Crippen LogP contribution is -2.58. The molecule has 1 aromatic carbocycles. The van der Waals surface area contributed by atoms with Gasteiger partial charge in [0.25, 0.3) is 0 Å². The summed E-state index contributed by atoms with van der Waals surface area (Å²) in [6, 6.07) is 5.92. The molecule has 3 saturated heterocycles. The SMILES string of the molecule is CC[C@@H](CO)N1C(=O)[C@@H]2[C@@H](C(=O)NC)[C@H]3CCC2(O3)C1C(=O)NCn1nnc2ccccc21. The molecule has 0 saturated carbocycles. The van der Waals surface area contributed by atoms with Crippen LogP contribution in [0.2, 0.25) is 0 Å². The number of amides is 3. The van der Waals surface area contributed by atoms with Crippen LogP contribution in [0.15, 0.2) is 24.3 Å². The van der Waals surface area contributed by atoms with Crippen molar-refractivity contribution in [3.05, 3.63) is 24.3 Å². The Labute approximate surface area is 190 Å². The number of nitrogens with one attached hydrogen (secondary N) is 2. The Kier molecular flexibility index (Phi) is 5.32. The van der Waals surface area contributed by atoms with E-state index in [2.05, 4.69) is 20.9 Å². The number of nitrogens with zero attached hydrogens (tertiary/aromatic N) is 4. The predicted octanol–water partition coefficient (Wildman–Crippen LogP) is -0.603. The average Bonchev–Trinajstić information content (AvgIpc) is 3.57. The second-order valence-electron chi connectivity index (χ2n) is 8.94. The number of aliphatic hydroxyl groups excluding tert-OH is 1. The first-order valence-electron chi connectivity index (χ1n) is 11.3. The van der Waals surface area contributed by atoms with E-state index in [-0.39, 0.29) is 25.1 Å². The zero-order valence-corrected chi connectivity index (χ0v) is 18.6. The Morgan fingerprint density at radius 2 is 2.12 bits per heavy atom. The van der Waals surface area contributed by atoms with Crippen molar-refractivity contribution in [3.8, 4) is 0 Å². The zero-order valence-electron chi connectivity index (χ0n) is 18.6. The molecule has 1 aromatic heterocycles. The molecule has 0 aliphatic carbocycles. The Bertz CT molecular complexity index is 1100. The first kappa shape index (κ1) is 21.8. The smallest absolute Gasteiger partial charge is 0.247 e. The van der Waals surface area contributed by atoms with Gasteiger partial charge in [-0.05, 0) is 31.4 Å². The molecular formula is C22H28N6O5. The van der Waals surface area contributed by atoms with Gasteiger partial charge in [0.2, 0.25) is 17.7 Å². The lowest BCUT2D eigenvalue weighted by atomic mass is 9.70. The van der Waals surface area contributed by atoms with Crippen LogP contribution in [-0.4, -0.2) is 80.2 Å². The van der Waals surface area contributed by atoms with Crippen LogP contribution in [-0.2, 0) is 25.8 Å². The lowest BCUT2D eigenvalue weighted by Gasteiger charge is -2.36. The van der Waals surface area contributed by atoms with Gasteiger partial charge in [0.05, 0.1) is 36.1 Å². The lowest BCUT2D eigenvalue weighted by molar-refractivity contribution is -0.145. The van der Waals surface area contributed by atoms with E-state index in [9.17, 15) is 19.5 Å². The summed E-state index contributed by atoms with van der Waals surface area (Å²) in [7, 11) is 1.54. The quantitative estimate of drug-likeness (QED) is 0.505. The van der Waals surface area contributed by atoms with Crippen LogP contribution in [0.3, 0.4) is 0 Å². The molecule has 3 amide bonds.